The molecule has 160 valence electrons. The van der Waals surface area contributed by atoms with Gasteiger partial charge in [0, 0.05) is 17.8 Å². The lowest BCUT2D eigenvalue weighted by Crippen LogP contribution is -2.45. The Balaban J connectivity index is 1.43. The summed E-state index contributed by atoms with van der Waals surface area (Å²) in [6, 6.07) is 13.0. The number of hydrogen-bond acceptors (Lipinski definition) is 5. The van der Waals surface area contributed by atoms with E-state index < -0.39 is 6.04 Å². The summed E-state index contributed by atoms with van der Waals surface area (Å²) in [5.74, 6) is -0.236. The molecule has 0 aliphatic carbocycles. The third-order valence-corrected chi connectivity index (χ3v) is 6.50. The molecule has 2 heterocycles. The molecular weight excluding hydrogens is 410 g/mol. The number of rotatable bonds is 4. The molecule has 2 N–H and O–H groups in total. The summed E-state index contributed by atoms with van der Waals surface area (Å²) in [5.41, 5.74) is 5.02. The molecule has 1 unspecified atom stereocenters. The van der Waals surface area contributed by atoms with Gasteiger partial charge < -0.3 is 10.2 Å². The first-order valence-electron chi connectivity index (χ1n) is 10.3. The van der Waals surface area contributed by atoms with Crippen molar-refractivity contribution >= 4 is 34.1 Å². The zero-order chi connectivity index (χ0) is 22.0. The van der Waals surface area contributed by atoms with Gasteiger partial charge in [-0.1, -0.05) is 53.3 Å². The maximum Gasteiger partial charge on any atom is 0.322 e. The normalized spacial score (nSPS) is 15.7. The summed E-state index contributed by atoms with van der Waals surface area (Å²) in [6.07, 6.45) is 1.40. The van der Waals surface area contributed by atoms with Crippen molar-refractivity contribution in [2.24, 2.45) is 0 Å². The van der Waals surface area contributed by atoms with Crippen molar-refractivity contribution in [2.45, 2.75) is 39.7 Å². The predicted molar refractivity (Wildman–Crippen MR) is 123 cm³/mol. The highest BCUT2D eigenvalue weighted by atomic mass is 32.1. The van der Waals surface area contributed by atoms with Gasteiger partial charge in [0.05, 0.1) is 0 Å². The van der Waals surface area contributed by atoms with Crippen LogP contribution in [0.15, 0.2) is 42.5 Å². The summed E-state index contributed by atoms with van der Waals surface area (Å²) in [5, 5.41) is 15.3. The zero-order valence-electron chi connectivity index (χ0n) is 17.8. The fourth-order valence-electron chi connectivity index (χ4n) is 3.63. The molecule has 8 heteroatoms. The van der Waals surface area contributed by atoms with Crippen LogP contribution in [0.4, 0.5) is 15.6 Å². The van der Waals surface area contributed by atoms with Gasteiger partial charge in [0.25, 0.3) is 0 Å². The van der Waals surface area contributed by atoms with Crippen molar-refractivity contribution < 1.29 is 9.59 Å². The number of aryl methyl sites for hydroxylation is 2. The van der Waals surface area contributed by atoms with Crippen molar-refractivity contribution in [3.63, 3.8) is 0 Å². The van der Waals surface area contributed by atoms with E-state index >= 15 is 0 Å². The van der Waals surface area contributed by atoms with Gasteiger partial charge in [-0.25, -0.2) is 4.79 Å². The molecule has 0 saturated carbocycles. The van der Waals surface area contributed by atoms with Crippen LogP contribution >= 0.6 is 11.3 Å². The lowest BCUT2D eigenvalue weighted by molar-refractivity contribution is -0.119. The quantitative estimate of drug-likeness (QED) is 0.618. The van der Waals surface area contributed by atoms with E-state index in [2.05, 4.69) is 20.8 Å². The van der Waals surface area contributed by atoms with Crippen molar-refractivity contribution in [2.75, 3.05) is 17.2 Å². The van der Waals surface area contributed by atoms with Crippen LogP contribution in [-0.4, -0.2) is 39.6 Å². The van der Waals surface area contributed by atoms with E-state index in [4.69, 9.17) is 0 Å². The second-order valence-electron chi connectivity index (χ2n) is 7.80. The smallest absolute Gasteiger partial charge is 0.312 e. The largest absolute Gasteiger partial charge is 0.322 e. The number of nitrogens with zero attached hydrogens (tertiary/aromatic N) is 3. The van der Waals surface area contributed by atoms with Crippen LogP contribution in [0.2, 0.25) is 0 Å². The Morgan fingerprint density at radius 3 is 2.58 bits per heavy atom. The minimum Gasteiger partial charge on any atom is -0.312 e. The Bertz CT molecular complexity index is 1110. The summed E-state index contributed by atoms with van der Waals surface area (Å²) in [4.78, 5) is 27.4. The highest BCUT2D eigenvalue weighted by Gasteiger charge is 2.34. The van der Waals surface area contributed by atoms with E-state index in [1.807, 2.05) is 63.2 Å². The van der Waals surface area contributed by atoms with E-state index in [0.29, 0.717) is 18.1 Å². The SMILES string of the molecule is Cc1ccc(-c2nnc(NC(=O)C3CCCN3C(=O)Nc3cccc(C)c3C)s2)cc1. The lowest BCUT2D eigenvalue weighted by atomic mass is 10.1. The summed E-state index contributed by atoms with van der Waals surface area (Å²) < 4.78 is 0. The molecule has 3 amide bonds. The van der Waals surface area contributed by atoms with E-state index in [1.54, 1.807) is 4.90 Å². The van der Waals surface area contributed by atoms with Crippen LogP contribution in [0.3, 0.4) is 0 Å². The topological polar surface area (TPSA) is 87.2 Å². The Kier molecular flexibility index (Phi) is 5.99. The fraction of sp³-hybridized carbons (Fsp3) is 0.304. The molecule has 4 rings (SSSR count). The third-order valence-electron chi connectivity index (χ3n) is 5.62. The zero-order valence-corrected chi connectivity index (χ0v) is 18.6. The number of nitrogens with one attached hydrogen (secondary N) is 2. The molecule has 1 aliphatic rings. The van der Waals surface area contributed by atoms with Crippen LogP contribution in [0.25, 0.3) is 10.6 Å². The lowest BCUT2D eigenvalue weighted by Gasteiger charge is -2.24. The van der Waals surface area contributed by atoms with Crippen LogP contribution in [0, 0.1) is 20.8 Å². The number of hydrogen-bond donors (Lipinski definition) is 2. The number of anilines is 2. The van der Waals surface area contributed by atoms with Gasteiger partial charge in [-0.05, 0) is 50.8 Å². The monoisotopic (exact) mass is 435 g/mol. The number of carbonyl (C=O) groups is 2. The molecule has 1 saturated heterocycles. The Hall–Kier alpha value is -3.26. The Morgan fingerprint density at radius 2 is 1.81 bits per heavy atom. The fourth-order valence-corrected chi connectivity index (χ4v) is 4.38. The van der Waals surface area contributed by atoms with E-state index in [-0.39, 0.29) is 11.9 Å². The number of likely N-dealkylation sites (tertiary alicyclic amines) is 1. The molecule has 7 nitrogen and oxygen atoms in total. The highest BCUT2D eigenvalue weighted by Crippen LogP contribution is 2.28. The van der Waals surface area contributed by atoms with Crippen molar-refractivity contribution in [1.29, 1.82) is 0 Å². The maximum absolute atomic E-state index is 12.9. The molecular formula is C23H25N5O2S. The first-order valence-corrected chi connectivity index (χ1v) is 11.1. The van der Waals surface area contributed by atoms with Gasteiger partial charge in [0.15, 0.2) is 0 Å². The van der Waals surface area contributed by atoms with Gasteiger partial charge in [-0.3, -0.25) is 10.1 Å². The van der Waals surface area contributed by atoms with Crippen molar-refractivity contribution in [3.05, 3.63) is 59.2 Å². The maximum atomic E-state index is 12.9. The minimum atomic E-state index is -0.531. The number of urea groups is 1. The van der Waals surface area contributed by atoms with E-state index in [0.717, 1.165) is 33.8 Å². The van der Waals surface area contributed by atoms with Gasteiger partial charge in [0.1, 0.15) is 11.0 Å². The minimum absolute atomic E-state index is 0.236. The molecule has 31 heavy (non-hydrogen) atoms. The molecule has 1 fully saturated rings. The number of aromatic nitrogens is 2. The van der Waals surface area contributed by atoms with Gasteiger partial charge in [-0.15, -0.1) is 10.2 Å². The number of carbonyl (C=O) groups excluding carboxylic acids is 2. The number of benzene rings is 2. The molecule has 1 aromatic heterocycles. The molecule has 0 spiro atoms. The number of amides is 3. The van der Waals surface area contributed by atoms with Gasteiger partial charge >= 0.3 is 6.03 Å². The molecule has 3 aromatic rings. The second-order valence-corrected chi connectivity index (χ2v) is 8.77. The second kappa shape index (κ2) is 8.85. The highest BCUT2D eigenvalue weighted by molar-refractivity contribution is 7.18. The Labute approximate surface area is 185 Å². The molecule has 0 bridgehead atoms. The van der Waals surface area contributed by atoms with Crippen LogP contribution < -0.4 is 10.6 Å². The molecule has 1 aliphatic heterocycles. The molecule has 1 atom stereocenters. The van der Waals surface area contributed by atoms with Crippen LogP contribution in [-0.2, 0) is 4.79 Å². The predicted octanol–water partition coefficient (Wildman–Crippen LogP) is 4.77. The van der Waals surface area contributed by atoms with Gasteiger partial charge in [0.2, 0.25) is 11.0 Å². The Morgan fingerprint density at radius 1 is 1.03 bits per heavy atom. The van der Waals surface area contributed by atoms with Crippen molar-refractivity contribution in [3.8, 4) is 10.6 Å². The van der Waals surface area contributed by atoms with Crippen LogP contribution in [0.1, 0.15) is 29.5 Å². The first-order chi connectivity index (χ1) is 14.9. The average Bonchev–Trinajstić information content (AvgIpc) is 3.42. The van der Waals surface area contributed by atoms with Gasteiger partial charge in [-0.2, -0.15) is 0 Å². The summed E-state index contributed by atoms with van der Waals surface area (Å²) >= 11 is 1.32. The molecule has 2 aromatic carbocycles. The van der Waals surface area contributed by atoms with Crippen molar-refractivity contribution in [1.82, 2.24) is 15.1 Å². The average molecular weight is 436 g/mol. The summed E-state index contributed by atoms with van der Waals surface area (Å²) in [6.45, 7) is 6.54. The summed E-state index contributed by atoms with van der Waals surface area (Å²) in [7, 11) is 0. The first kappa shape index (κ1) is 21.0. The molecule has 0 radical (unpaired) electrons. The van der Waals surface area contributed by atoms with Crippen LogP contribution in [0.5, 0.6) is 0 Å². The standard InChI is InChI=1S/C23H25N5O2S/c1-14-9-11-17(12-10-14)21-26-27-22(31-21)25-20(29)19-8-5-13-28(19)23(30)24-18-7-4-6-15(2)16(18)3/h4,6-7,9-12,19H,5,8,13H2,1-3H3,(H,24,30)(H,25,27,29). The van der Waals surface area contributed by atoms with E-state index in [9.17, 15) is 9.59 Å². The van der Waals surface area contributed by atoms with E-state index in [1.165, 1.54) is 16.9 Å². The third kappa shape index (κ3) is 4.59.